The predicted octanol–water partition coefficient (Wildman–Crippen LogP) is 1.53. The van der Waals surface area contributed by atoms with Gasteiger partial charge in [-0.25, -0.2) is 4.39 Å². The highest BCUT2D eigenvalue weighted by Gasteiger charge is 2.20. The zero-order valence-corrected chi connectivity index (χ0v) is 11.5. The molecule has 5 nitrogen and oxygen atoms in total. The molecule has 1 aromatic carbocycles. The first-order chi connectivity index (χ1) is 9.03. The van der Waals surface area contributed by atoms with Crippen LogP contribution in [0.2, 0.25) is 0 Å². The SMILES string of the molecule is COc1ccc(F)c(C(=O)N(C)CC(OC)OC)c1. The number of rotatable bonds is 6. The van der Waals surface area contributed by atoms with E-state index in [1.54, 1.807) is 7.05 Å². The predicted molar refractivity (Wildman–Crippen MR) is 67.7 cm³/mol. The molecule has 0 aliphatic heterocycles. The van der Waals surface area contributed by atoms with Crippen LogP contribution in [0.3, 0.4) is 0 Å². The topological polar surface area (TPSA) is 48.0 Å². The summed E-state index contributed by atoms with van der Waals surface area (Å²) in [6.45, 7) is 0.197. The Bertz CT molecular complexity index is 435. The number of carbonyl (C=O) groups is 1. The van der Waals surface area contributed by atoms with E-state index in [0.29, 0.717) is 5.75 Å². The van der Waals surface area contributed by atoms with Crippen molar-refractivity contribution in [1.82, 2.24) is 4.90 Å². The number of hydrogen-bond acceptors (Lipinski definition) is 4. The number of methoxy groups -OCH3 is 3. The lowest BCUT2D eigenvalue weighted by atomic mass is 10.1. The smallest absolute Gasteiger partial charge is 0.256 e. The minimum absolute atomic E-state index is 0.0483. The molecule has 0 heterocycles. The standard InChI is InChI=1S/C13H18FNO4/c1-15(8-12(18-3)19-4)13(16)10-7-9(17-2)5-6-11(10)14/h5-7,12H,8H2,1-4H3. The third-order valence-corrected chi connectivity index (χ3v) is 2.70. The second-order valence-corrected chi connectivity index (χ2v) is 3.93. The van der Waals surface area contributed by atoms with Crippen LogP contribution in [0, 0.1) is 5.82 Å². The van der Waals surface area contributed by atoms with Gasteiger partial charge in [0.05, 0.1) is 19.2 Å². The van der Waals surface area contributed by atoms with Crippen LogP contribution >= 0.6 is 0 Å². The number of nitrogens with zero attached hydrogens (tertiary/aromatic N) is 1. The number of amides is 1. The Hall–Kier alpha value is -1.66. The van der Waals surface area contributed by atoms with Crippen molar-refractivity contribution >= 4 is 5.91 Å². The summed E-state index contributed by atoms with van der Waals surface area (Å²) in [7, 11) is 5.95. The summed E-state index contributed by atoms with van der Waals surface area (Å²) >= 11 is 0. The van der Waals surface area contributed by atoms with Crippen LogP contribution in [0.4, 0.5) is 4.39 Å². The van der Waals surface area contributed by atoms with Crippen molar-refractivity contribution in [1.29, 1.82) is 0 Å². The molecule has 0 radical (unpaired) electrons. The van der Waals surface area contributed by atoms with Crippen LogP contribution in [0.15, 0.2) is 18.2 Å². The van der Waals surface area contributed by atoms with Gasteiger partial charge in [0.1, 0.15) is 11.6 Å². The average Bonchev–Trinajstić information content (AvgIpc) is 2.44. The summed E-state index contributed by atoms with van der Waals surface area (Å²) in [6.07, 6.45) is -0.553. The van der Waals surface area contributed by atoms with Gasteiger partial charge in [0.2, 0.25) is 0 Å². The first-order valence-corrected chi connectivity index (χ1v) is 5.68. The molecule has 1 rings (SSSR count). The van der Waals surface area contributed by atoms with E-state index >= 15 is 0 Å². The molecular weight excluding hydrogens is 253 g/mol. The zero-order valence-electron chi connectivity index (χ0n) is 11.5. The van der Waals surface area contributed by atoms with Gasteiger partial charge >= 0.3 is 0 Å². The Morgan fingerprint density at radius 3 is 2.47 bits per heavy atom. The largest absolute Gasteiger partial charge is 0.497 e. The maximum Gasteiger partial charge on any atom is 0.256 e. The number of benzene rings is 1. The first-order valence-electron chi connectivity index (χ1n) is 5.68. The van der Waals surface area contributed by atoms with Gasteiger partial charge in [0.15, 0.2) is 6.29 Å². The normalized spacial score (nSPS) is 10.6. The lowest BCUT2D eigenvalue weighted by molar-refractivity contribution is -0.110. The maximum absolute atomic E-state index is 13.7. The molecule has 1 amide bonds. The molecule has 0 aromatic heterocycles. The van der Waals surface area contributed by atoms with Gasteiger partial charge < -0.3 is 19.1 Å². The Labute approximate surface area is 111 Å². The number of hydrogen-bond donors (Lipinski definition) is 0. The minimum atomic E-state index is -0.593. The van der Waals surface area contributed by atoms with Gasteiger partial charge in [-0.3, -0.25) is 4.79 Å². The maximum atomic E-state index is 13.7. The van der Waals surface area contributed by atoms with Crippen molar-refractivity contribution in [2.45, 2.75) is 6.29 Å². The monoisotopic (exact) mass is 271 g/mol. The van der Waals surface area contributed by atoms with Gasteiger partial charge in [0, 0.05) is 21.3 Å². The molecule has 0 fully saturated rings. The minimum Gasteiger partial charge on any atom is -0.497 e. The number of ether oxygens (including phenoxy) is 3. The summed E-state index contributed by atoms with van der Waals surface area (Å²) in [5.74, 6) is -0.632. The van der Waals surface area contributed by atoms with E-state index in [9.17, 15) is 9.18 Å². The molecule has 0 unspecified atom stereocenters. The highest BCUT2D eigenvalue weighted by atomic mass is 19.1. The molecule has 0 aliphatic rings. The molecule has 0 bridgehead atoms. The average molecular weight is 271 g/mol. The second-order valence-electron chi connectivity index (χ2n) is 3.93. The summed E-state index contributed by atoms with van der Waals surface area (Å²) in [4.78, 5) is 13.4. The lowest BCUT2D eigenvalue weighted by Crippen LogP contribution is -2.36. The van der Waals surface area contributed by atoms with Crippen LogP contribution in [-0.4, -0.2) is 52.0 Å². The Morgan fingerprint density at radius 1 is 1.32 bits per heavy atom. The van der Waals surface area contributed by atoms with Crippen molar-refractivity contribution in [2.24, 2.45) is 0 Å². The van der Waals surface area contributed by atoms with E-state index in [2.05, 4.69) is 0 Å². The summed E-state index contributed by atoms with van der Waals surface area (Å²) in [6, 6.07) is 4.02. The molecule has 0 aliphatic carbocycles. The summed E-state index contributed by atoms with van der Waals surface area (Å²) in [5.41, 5.74) is -0.0483. The van der Waals surface area contributed by atoms with E-state index in [1.807, 2.05) is 0 Å². The molecule has 0 saturated heterocycles. The van der Waals surface area contributed by atoms with E-state index in [4.69, 9.17) is 14.2 Å². The third-order valence-electron chi connectivity index (χ3n) is 2.70. The highest BCUT2D eigenvalue weighted by Crippen LogP contribution is 2.18. The highest BCUT2D eigenvalue weighted by molar-refractivity contribution is 5.94. The fraction of sp³-hybridized carbons (Fsp3) is 0.462. The number of halogens is 1. The Morgan fingerprint density at radius 2 is 1.95 bits per heavy atom. The second kappa shape index (κ2) is 7.06. The molecule has 0 saturated carbocycles. The van der Waals surface area contributed by atoms with Crippen LogP contribution in [0.5, 0.6) is 5.75 Å². The van der Waals surface area contributed by atoms with Gasteiger partial charge in [0.25, 0.3) is 5.91 Å². The van der Waals surface area contributed by atoms with Gasteiger partial charge in [-0.05, 0) is 18.2 Å². The van der Waals surface area contributed by atoms with Crippen LogP contribution in [-0.2, 0) is 9.47 Å². The van der Waals surface area contributed by atoms with E-state index in [-0.39, 0.29) is 12.1 Å². The van der Waals surface area contributed by atoms with Crippen LogP contribution in [0.1, 0.15) is 10.4 Å². The number of carbonyl (C=O) groups excluding carboxylic acids is 1. The summed E-state index contributed by atoms with van der Waals surface area (Å²) in [5, 5.41) is 0. The van der Waals surface area contributed by atoms with Crippen molar-refractivity contribution in [3.63, 3.8) is 0 Å². The molecule has 0 N–H and O–H groups in total. The first kappa shape index (κ1) is 15.4. The van der Waals surface area contributed by atoms with E-state index in [1.165, 1.54) is 44.4 Å². The van der Waals surface area contributed by atoms with Crippen molar-refractivity contribution in [3.05, 3.63) is 29.6 Å². The molecule has 106 valence electrons. The van der Waals surface area contributed by atoms with Gasteiger partial charge in [-0.1, -0.05) is 0 Å². The molecule has 6 heteroatoms. The van der Waals surface area contributed by atoms with Gasteiger partial charge in [-0.15, -0.1) is 0 Å². The van der Waals surface area contributed by atoms with Crippen LogP contribution < -0.4 is 4.74 Å². The van der Waals surface area contributed by atoms with Crippen molar-refractivity contribution in [2.75, 3.05) is 34.9 Å². The molecular formula is C13H18FNO4. The van der Waals surface area contributed by atoms with Crippen LogP contribution in [0.25, 0.3) is 0 Å². The lowest BCUT2D eigenvalue weighted by Gasteiger charge is -2.22. The fourth-order valence-corrected chi connectivity index (χ4v) is 1.55. The van der Waals surface area contributed by atoms with Crippen molar-refractivity contribution in [3.8, 4) is 5.75 Å². The Balaban J connectivity index is 2.87. The van der Waals surface area contributed by atoms with E-state index in [0.717, 1.165) is 0 Å². The fourth-order valence-electron chi connectivity index (χ4n) is 1.55. The third kappa shape index (κ3) is 3.90. The molecule has 0 atom stereocenters. The molecule has 1 aromatic rings. The molecule has 0 spiro atoms. The summed E-state index contributed by atoms with van der Waals surface area (Å²) < 4.78 is 28.6. The molecule has 19 heavy (non-hydrogen) atoms. The zero-order chi connectivity index (χ0) is 14.4. The number of likely N-dealkylation sites (N-methyl/N-ethyl adjacent to an activating group) is 1. The Kier molecular flexibility index (Phi) is 5.72. The van der Waals surface area contributed by atoms with Crippen molar-refractivity contribution < 1.29 is 23.4 Å². The van der Waals surface area contributed by atoms with Gasteiger partial charge in [-0.2, -0.15) is 0 Å². The quantitative estimate of drug-likeness (QED) is 0.736. The van der Waals surface area contributed by atoms with E-state index < -0.39 is 18.0 Å².